The van der Waals surface area contributed by atoms with Crippen LogP contribution in [0.5, 0.6) is 0 Å². The van der Waals surface area contributed by atoms with E-state index in [1.165, 1.54) is 0 Å². The van der Waals surface area contributed by atoms with E-state index in [0.29, 0.717) is 19.6 Å². The monoisotopic (exact) mass is 263 g/mol. The van der Waals surface area contributed by atoms with Crippen LogP contribution in [0, 0.1) is 6.92 Å². The van der Waals surface area contributed by atoms with Gasteiger partial charge in [-0.2, -0.15) is 0 Å². The predicted octanol–water partition coefficient (Wildman–Crippen LogP) is 1.81. The van der Waals surface area contributed by atoms with Crippen molar-refractivity contribution in [3.63, 3.8) is 0 Å². The lowest BCUT2D eigenvalue weighted by Gasteiger charge is -2.17. The molecule has 0 spiro atoms. The number of hydrogen-bond acceptors (Lipinski definition) is 3. The van der Waals surface area contributed by atoms with Gasteiger partial charge in [-0.1, -0.05) is 24.3 Å². The fourth-order valence-electron chi connectivity index (χ4n) is 2.14. The largest absolute Gasteiger partial charge is 0.353 e. The van der Waals surface area contributed by atoms with Crippen LogP contribution in [0.3, 0.4) is 0 Å². The number of carbonyl (C=O) groups is 1. The number of rotatable bonds is 4. The first-order valence-electron chi connectivity index (χ1n) is 6.59. The predicted molar refractivity (Wildman–Crippen MR) is 72.8 cm³/mol. The molecule has 0 radical (unpaired) electrons. The molecule has 0 aromatic heterocycles. The lowest BCUT2D eigenvalue weighted by Crippen LogP contribution is -2.35. The maximum absolute atomic E-state index is 11.9. The molecular weight excluding hydrogens is 242 g/mol. The Morgan fingerprint density at radius 1 is 1.42 bits per heavy atom. The Morgan fingerprint density at radius 3 is 2.79 bits per heavy atom. The Bertz CT molecular complexity index is 456. The summed E-state index contributed by atoms with van der Waals surface area (Å²) in [4.78, 5) is 11.9. The van der Waals surface area contributed by atoms with Crippen LogP contribution in [-0.2, 0) is 20.7 Å². The van der Waals surface area contributed by atoms with Gasteiger partial charge in [0.2, 0.25) is 5.91 Å². The van der Waals surface area contributed by atoms with Crippen molar-refractivity contribution < 1.29 is 14.3 Å². The minimum Gasteiger partial charge on any atom is -0.353 e. The summed E-state index contributed by atoms with van der Waals surface area (Å²) in [5, 5.41) is 2.89. The molecule has 0 saturated carbocycles. The molecule has 19 heavy (non-hydrogen) atoms. The van der Waals surface area contributed by atoms with E-state index in [0.717, 1.165) is 11.1 Å². The van der Waals surface area contributed by atoms with Crippen molar-refractivity contribution in [3.05, 3.63) is 35.4 Å². The third-order valence-corrected chi connectivity index (χ3v) is 3.21. The number of nitrogens with one attached hydrogen (secondary N) is 1. The van der Waals surface area contributed by atoms with Crippen LogP contribution < -0.4 is 5.32 Å². The highest BCUT2D eigenvalue weighted by molar-refractivity contribution is 5.78. The summed E-state index contributed by atoms with van der Waals surface area (Å²) in [5.41, 5.74) is 2.20. The SMILES string of the molecule is Cc1ccccc1CC(=O)NCC1COC(C)(C)O1. The summed E-state index contributed by atoms with van der Waals surface area (Å²) >= 11 is 0. The van der Waals surface area contributed by atoms with Gasteiger partial charge in [-0.25, -0.2) is 0 Å². The Balaban J connectivity index is 1.78. The van der Waals surface area contributed by atoms with Crippen LogP contribution in [0.15, 0.2) is 24.3 Å². The van der Waals surface area contributed by atoms with Gasteiger partial charge in [-0.15, -0.1) is 0 Å². The molecule has 1 N–H and O–H groups in total. The maximum atomic E-state index is 11.9. The lowest BCUT2D eigenvalue weighted by molar-refractivity contribution is -0.139. The molecule has 1 aromatic carbocycles. The second kappa shape index (κ2) is 5.72. The fourth-order valence-corrected chi connectivity index (χ4v) is 2.14. The zero-order chi connectivity index (χ0) is 13.9. The number of ether oxygens (including phenoxy) is 2. The number of amides is 1. The van der Waals surface area contributed by atoms with E-state index in [9.17, 15) is 4.79 Å². The molecule has 1 saturated heterocycles. The lowest BCUT2D eigenvalue weighted by atomic mass is 10.1. The molecule has 0 aliphatic carbocycles. The first-order valence-corrected chi connectivity index (χ1v) is 6.59. The first-order chi connectivity index (χ1) is 8.96. The van der Waals surface area contributed by atoms with Crippen molar-refractivity contribution in [2.75, 3.05) is 13.2 Å². The van der Waals surface area contributed by atoms with Gasteiger partial charge in [0, 0.05) is 6.54 Å². The second-order valence-electron chi connectivity index (χ2n) is 5.36. The zero-order valence-corrected chi connectivity index (χ0v) is 11.7. The molecule has 1 heterocycles. The molecule has 1 atom stereocenters. The quantitative estimate of drug-likeness (QED) is 0.901. The highest BCUT2D eigenvalue weighted by Crippen LogP contribution is 2.21. The normalized spacial score (nSPS) is 21.3. The van der Waals surface area contributed by atoms with Crippen molar-refractivity contribution in [2.24, 2.45) is 0 Å². The van der Waals surface area contributed by atoms with E-state index in [2.05, 4.69) is 5.32 Å². The standard InChI is InChI=1S/C15H21NO3/c1-11-6-4-5-7-12(11)8-14(17)16-9-13-10-18-15(2,3)19-13/h4-7,13H,8-10H2,1-3H3,(H,16,17). The third-order valence-electron chi connectivity index (χ3n) is 3.21. The highest BCUT2D eigenvalue weighted by atomic mass is 16.7. The molecule has 1 aliphatic rings. The van der Waals surface area contributed by atoms with E-state index < -0.39 is 5.79 Å². The molecule has 1 aliphatic heterocycles. The Kier molecular flexibility index (Phi) is 4.22. The molecular formula is C15H21NO3. The van der Waals surface area contributed by atoms with Crippen LogP contribution in [0.25, 0.3) is 0 Å². The third kappa shape index (κ3) is 4.04. The number of benzene rings is 1. The van der Waals surface area contributed by atoms with Crippen molar-refractivity contribution in [1.82, 2.24) is 5.32 Å². The van der Waals surface area contributed by atoms with Gasteiger partial charge in [0.15, 0.2) is 5.79 Å². The Hall–Kier alpha value is -1.39. The minimum atomic E-state index is -0.536. The summed E-state index contributed by atoms with van der Waals surface area (Å²) in [6.45, 7) is 6.79. The summed E-state index contributed by atoms with van der Waals surface area (Å²) in [7, 11) is 0. The zero-order valence-electron chi connectivity index (χ0n) is 11.7. The Morgan fingerprint density at radius 2 is 2.16 bits per heavy atom. The smallest absolute Gasteiger partial charge is 0.224 e. The fraction of sp³-hybridized carbons (Fsp3) is 0.533. The van der Waals surface area contributed by atoms with Gasteiger partial charge in [0.25, 0.3) is 0 Å². The number of carbonyl (C=O) groups excluding carboxylic acids is 1. The molecule has 4 heteroatoms. The summed E-state index contributed by atoms with van der Waals surface area (Å²) in [6, 6.07) is 7.92. The Labute approximate surface area is 114 Å². The van der Waals surface area contributed by atoms with Gasteiger partial charge in [0.05, 0.1) is 13.0 Å². The van der Waals surface area contributed by atoms with E-state index in [1.54, 1.807) is 0 Å². The molecule has 4 nitrogen and oxygen atoms in total. The molecule has 1 unspecified atom stereocenters. The summed E-state index contributed by atoms with van der Waals surface area (Å²) < 4.78 is 11.1. The van der Waals surface area contributed by atoms with E-state index in [-0.39, 0.29) is 12.0 Å². The van der Waals surface area contributed by atoms with Crippen molar-refractivity contribution in [2.45, 2.75) is 39.1 Å². The van der Waals surface area contributed by atoms with E-state index >= 15 is 0 Å². The van der Waals surface area contributed by atoms with Crippen molar-refractivity contribution in [3.8, 4) is 0 Å². The van der Waals surface area contributed by atoms with Crippen molar-refractivity contribution in [1.29, 1.82) is 0 Å². The highest BCUT2D eigenvalue weighted by Gasteiger charge is 2.32. The van der Waals surface area contributed by atoms with Gasteiger partial charge in [0.1, 0.15) is 6.10 Å². The van der Waals surface area contributed by atoms with Crippen LogP contribution in [0.2, 0.25) is 0 Å². The average Bonchev–Trinajstić information content (AvgIpc) is 2.69. The van der Waals surface area contributed by atoms with Gasteiger partial charge >= 0.3 is 0 Å². The summed E-state index contributed by atoms with van der Waals surface area (Å²) in [5.74, 6) is -0.520. The summed E-state index contributed by atoms with van der Waals surface area (Å²) in [6.07, 6.45) is 0.347. The number of aryl methyl sites for hydroxylation is 1. The average molecular weight is 263 g/mol. The van der Waals surface area contributed by atoms with Gasteiger partial charge in [-0.3, -0.25) is 4.79 Å². The number of hydrogen-bond donors (Lipinski definition) is 1. The van der Waals surface area contributed by atoms with Gasteiger partial charge < -0.3 is 14.8 Å². The van der Waals surface area contributed by atoms with Crippen LogP contribution >= 0.6 is 0 Å². The molecule has 1 fully saturated rings. The molecule has 104 valence electrons. The second-order valence-corrected chi connectivity index (χ2v) is 5.36. The minimum absolute atomic E-state index is 0.0163. The molecule has 1 amide bonds. The maximum Gasteiger partial charge on any atom is 0.224 e. The first kappa shape index (κ1) is 14.0. The molecule has 2 rings (SSSR count). The van der Waals surface area contributed by atoms with Crippen LogP contribution in [0.1, 0.15) is 25.0 Å². The van der Waals surface area contributed by atoms with Crippen molar-refractivity contribution >= 4 is 5.91 Å². The topological polar surface area (TPSA) is 47.6 Å². The van der Waals surface area contributed by atoms with Crippen LogP contribution in [-0.4, -0.2) is 30.9 Å². The molecule has 1 aromatic rings. The molecule has 0 bridgehead atoms. The van der Waals surface area contributed by atoms with E-state index in [4.69, 9.17) is 9.47 Å². The van der Waals surface area contributed by atoms with Crippen LogP contribution in [0.4, 0.5) is 0 Å². The van der Waals surface area contributed by atoms with E-state index in [1.807, 2.05) is 45.0 Å². The van der Waals surface area contributed by atoms with Gasteiger partial charge in [-0.05, 0) is 31.9 Å².